The van der Waals surface area contributed by atoms with Gasteiger partial charge < -0.3 is 32.1 Å². The zero-order valence-electron chi connectivity index (χ0n) is 16.7. The van der Waals surface area contributed by atoms with Crippen LogP contribution >= 0.6 is 0 Å². The van der Waals surface area contributed by atoms with E-state index in [0.717, 1.165) is 37.8 Å². The molecule has 1 aromatic rings. The fourth-order valence-corrected chi connectivity index (χ4v) is 3.58. The first-order valence-corrected chi connectivity index (χ1v) is 10.1. The summed E-state index contributed by atoms with van der Waals surface area (Å²) < 4.78 is 0. The maximum absolute atomic E-state index is 13.1. The van der Waals surface area contributed by atoms with Crippen molar-refractivity contribution >= 4 is 18.0 Å². The van der Waals surface area contributed by atoms with Gasteiger partial charge in [-0.3, -0.25) is 9.79 Å². The average Bonchev–Trinajstić information content (AvgIpc) is 3.15. The highest BCUT2D eigenvalue weighted by atomic mass is 16.4. The normalized spacial score (nSPS) is 17.0. The molecule has 29 heavy (non-hydrogen) atoms. The Balaban J connectivity index is 1.85. The second-order valence-corrected chi connectivity index (χ2v) is 7.24. The molecule has 2 rings (SSSR count). The van der Waals surface area contributed by atoms with Gasteiger partial charge in [0.15, 0.2) is 5.96 Å². The molecule has 1 aromatic carbocycles. The third-order valence-corrected chi connectivity index (χ3v) is 4.97. The molecule has 1 aliphatic heterocycles. The fourth-order valence-electron chi connectivity index (χ4n) is 3.58. The van der Waals surface area contributed by atoms with E-state index in [1.165, 1.54) is 0 Å². The van der Waals surface area contributed by atoms with E-state index in [1.54, 1.807) is 0 Å². The number of nitrogens with one attached hydrogen (secondary N) is 2. The molecule has 1 heterocycles. The van der Waals surface area contributed by atoms with Crippen molar-refractivity contribution in [2.24, 2.45) is 16.5 Å². The van der Waals surface area contributed by atoms with E-state index in [4.69, 9.17) is 11.5 Å². The van der Waals surface area contributed by atoms with Crippen LogP contribution in [0.2, 0.25) is 0 Å². The van der Waals surface area contributed by atoms with Gasteiger partial charge in [-0.05, 0) is 37.8 Å². The van der Waals surface area contributed by atoms with Gasteiger partial charge in [0.05, 0.1) is 0 Å². The summed E-state index contributed by atoms with van der Waals surface area (Å²) in [7, 11) is 0. The van der Waals surface area contributed by atoms with Gasteiger partial charge in [0.2, 0.25) is 5.91 Å². The van der Waals surface area contributed by atoms with Crippen molar-refractivity contribution in [2.45, 2.75) is 44.2 Å². The predicted molar refractivity (Wildman–Crippen MR) is 113 cm³/mol. The number of hydrogen-bond acceptors (Lipinski definition) is 4. The number of carboxylic acid groups (broad SMARTS) is 1. The number of benzene rings is 1. The number of unbranched alkanes of at least 4 members (excludes halogenated alkanes) is 1. The number of likely N-dealkylation sites (tertiary alicyclic amines) is 1. The highest BCUT2D eigenvalue weighted by Gasteiger charge is 2.33. The predicted octanol–water partition coefficient (Wildman–Crippen LogP) is 0.500. The number of carbonyl (C=O) groups excluding carboxylic acids is 1. The zero-order chi connectivity index (χ0) is 21.1. The first kappa shape index (κ1) is 22.5. The van der Waals surface area contributed by atoms with Gasteiger partial charge in [-0.15, -0.1) is 0 Å². The summed E-state index contributed by atoms with van der Waals surface area (Å²) in [6, 6.07) is 8.75. The van der Waals surface area contributed by atoms with Crippen LogP contribution in [0.1, 0.15) is 31.2 Å². The lowest BCUT2D eigenvalue weighted by atomic mass is 10.0. The van der Waals surface area contributed by atoms with Crippen molar-refractivity contribution in [3.05, 3.63) is 35.9 Å². The summed E-state index contributed by atoms with van der Waals surface area (Å²) in [6.45, 7) is 2.78. The van der Waals surface area contributed by atoms with Gasteiger partial charge in [0, 0.05) is 32.1 Å². The molecule has 2 atom stereocenters. The van der Waals surface area contributed by atoms with E-state index in [2.05, 4.69) is 15.6 Å². The number of amides is 2. The number of aliphatic imine (C=N–C) groups is 1. The molecule has 0 unspecified atom stereocenters. The minimum absolute atomic E-state index is 0.0778. The number of hydrogen-bond donors (Lipinski definition) is 5. The van der Waals surface area contributed by atoms with Crippen molar-refractivity contribution in [3.8, 4) is 0 Å². The maximum Gasteiger partial charge on any atom is 0.405 e. The molecule has 0 radical (unpaired) electrons. The molecule has 0 saturated carbocycles. The van der Waals surface area contributed by atoms with E-state index in [1.807, 2.05) is 35.2 Å². The van der Waals surface area contributed by atoms with Gasteiger partial charge in [-0.1, -0.05) is 30.3 Å². The lowest BCUT2D eigenvalue weighted by Crippen LogP contribution is -2.52. The van der Waals surface area contributed by atoms with Crippen molar-refractivity contribution < 1.29 is 14.7 Å². The van der Waals surface area contributed by atoms with Gasteiger partial charge >= 0.3 is 6.09 Å². The van der Waals surface area contributed by atoms with Crippen LogP contribution in [0.15, 0.2) is 35.3 Å². The van der Waals surface area contributed by atoms with Gasteiger partial charge in [-0.25, -0.2) is 4.79 Å². The third kappa shape index (κ3) is 7.98. The largest absolute Gasteiger partial charge is 0.465 e. The molecule has 1 fully saturated rings. The number of carbonyl (C=O) groups is 2. The number of rotatable bonds is 11. The molecular formula is C20H32N6O3. The molecule has 0 aromatic heterocycles. The molecule has 9 nitrogen and oxygen atoms in total. The van der Waals surface area contributed by atoms with Crippen LogP contribution < -0.4 is 22.1 Å². The van der Waals surface area contributed by atoms with E-state index in [0.29, 0.717) is 26.1 Å². The van der Waals surface area contributed by atoms with Gasteiger partial charge in [0.25, 0.3) is 0 Å². The van der Waals surface area contributed by atoms with Crippen molar-refractivity contribution in [1.29, 1.82) is 0 Å². The Kier molecular flexibility index (Phi) is 9.23. The summed E-state index contributed by atoms with van der Waals surface area (Å²) in [5, 5.41) is 15.0. The third-order valence-electron chi connectivity index (χ3n) is 4.97. The summed E-state index contributed by atoms with van der Waals surface area (Å²) in [5.74, 6) is -0.0496. The number of nitrogens with zero attached hydrogens (tertiary/aromatic N) is 2. The van der Waals surface area contributed by atoms with Crippen LogP contribution in [0.5, 0.6) is 0 Å². The number of guanidine groups is 1. The highest BCUT2D eigenvalue weighted by molar-refractivity contribution is 5.86. The van der Waals surface area contributed by atoms with Crippen molar-refractivity contribution in [1.82, 2.24) is 15.5 Å². The van der Waals surface area contributed by atoms with Crippen LogP contribution in [0.4, 0.5) is 4.79 Å². The van der Waals surface area contributed by atoms with Crippen LogP contribution in [-0.4, -0.2) is 66.2 Å². The standard InChI is InChI=1S/C20H32N6O3/c21-19(22)24-11-5-4-10-23-14-16-9-6-12-26(16)18(27)17(25-20(28)29)13-15-7-2-1-3-8-15/h1-3,7-8,16-17,23,25H,4-6,9-14H2,(H,28,29)(H4,21,22,24)/t16-,17+/m1/s1. The maximum atomic E-state index is 13.1. The summed E-state index contributed by atoms with van der Waals surface area (Å²) in [6.07, 6.45) is 2.82. The summed E-state index contributed by atoms with van der Waals surface area (Å²) >= 11 is 0. The van der Waals surface area contributed by atoms with Gasteiger partial charge in [0.1, 0.15) is 6.04 Å². The van der Waals surface area contributed by atoms with E-state index in [-0.39, 0.29) is 17.9 Å². The van der Waals surface area contributed by atoms with E-state index < -0.39 is 12.1 Å². The second-order valence-electron chi connectivity index (χ2n) is 7.24. The van der Waals surface area contributed by atoms with Crippen LogP contribution in [0.25, 0.3) is 0 Å². The minimum Gasteiger partial charge on any atom is -0.465 e. The topological polar surface area (TPSA) is 146 Å². The molecule has 0 spiro atoms. The Bertz CT molecular complexity index is 678. The Hall–Kier alpha value is -2.81. The molecule has 9 heteroatoms. The average molecular weight is 405 g/mol. The monoisotopic (exact) mass is 404 g/mol. The minimum atomic E-state index is -1.19. The Morgan fingerprint density at radius 2 is 2.00 bits per heavy atom. The van der Waals surface area contributed by atoms with E-state index in [9.17, 15) is 14.7 Å². The molecule has 0 bridgehead atoms. The molecule has 1 aliphatic rings. The Labute approximate surface area is 171 Å². The lowest BCUT2D eigenvalue weighted by Gasteiger charge is -2.29. The van der Waals surface area contributed by atoms with Crippen molar-refractivity contribution in [3.63, 3.8) is 0 Å². The second kappa shape index (κ2) is 11.9. The first-order valence-electron chi connectivity index (χ1n) is 10.1. The smallest absolute Gasteiger partial charge is 0.405 e. The molecular weight excluding hydrogens is 372 g/mol. The summed E-state index contributed by atoms with van der Waals surface area (Å²) in [5.41, 5.74) is 11.5. The molecule has 160 valence electrons. The lowest BCUT2D eigenvalue weighted by molar-refractivity contribution is -0.134. The Morgan fingerprint density at radius 1 is 1.24 bits per heavy atom. The van der Waals surface area contributed by atoms with Crippen LogP contribution in [0, 0.1) is 0 Å². The summed E-state index contributed by atoms with van der Waals surface area (Å²) in [4.78, 5) is 30.1. The van der Waals surface area contributed by atoms with E-state index >= 15 is 0 Å². The Morgan fingerprint density at radius 3 is 2.69 bits per heavy atom. The molecule has 7 N–H and O–H groups in total. The van der Waals surface area contributed by atoms with Crippen molar-refractivity contribution in [2.75, 3.05) is 26.2 Å². The zero-order valence-corrected chi connectivity index (χ0v) is 16.7. The molecule has 1 saturated heterocycles. The fraction of sp³-hybridized carbons (Fsp3) is 0.550. The molecule has 0 aliphatic carbocycles. The number of nitrogens with two attached hydrogens (primary N) is 2. The van der Waals surface area contributed by atoms with Gasteiger partial charge in [-0.2, -0.15) is 0 Å². The first-order chi connectivity index (χ1) is 14.0. The quantitative estimate of drug-likeness (QED) is 0.206. The SMILES string of the molecule is NC(N)=NCCCCNC[C@H]1CCCN1C(=O)[C@H](Cc1ccccc1)NC(=O)O. The molecule has 2 amide bonds. The van der Waals surface area contributed by atoms with Crippen LogP contribution in [-0.2, 0) is 11.2 Å². The van der Waals surface area contributed by atoms with Crippen LogP contribution in [0.3, 0.4) is 0 Å². The highest BCUT2D eigenvalue weighted by Crippen LogP contribution is 2.19.